The van der Waals surface area contributed by atoms with Crippen molar-refractivity contribution in [2.75, 3.05) is 29.7 Å². The molecule has 1 fully saturated rings. The Labute approximate surface area is 230 Å². The second kappa shape index (κ2) is 12.2. The quantitative estimate of drug-likeness (QED) is 0.373. The summed E-state index contributed by atoms with van der Waals surface area (Å²) in [5.74, 6) is 0.0398. The molecule has 0 spiro atoms. The van der Waals surface area contributed by atoms with Gasteiger partial charge in [0, 0.05) is 30.4 Å². The van der Waals surface area contributed by atoms with Crippen molar-refractivity contribution in [1.29, 1.82) is 0 Å². The van der Waals surface area contributed by atoms with Gasteiger partial charge < -0.3 is 10.1 Å². The molecule has 3 aromatic carbocycles. The number of aryl methyl sites for hydroxylation is 1. The third kappa shape index (κ3) is 7.59. The van der Waals surface area contributed by atoms with Crippen LogP contribution in [0.2, 0.25) is 0 Å². The summed E-state index contributed by atoms with van der Waals surface area (Å²) in [5.41, 5.74) is 2.63. The minimum absolute atomic E-state index is 0.0570. The van der Waals surface area contributed by atoms with Crippen LogP contribution in [0.3, 0.4) is 0 Å². The van der Waals surface area contributed by atoms with Gasteiger partial charge in [0.2, 0.25) is 15.9 Å². The standard InChI is InChI=1S/C28H33N3O6S2/c1-3-37-26-11-7-25(8-12-26)30-39(35,36)27-13-9-24(10-14-27)29-28(32)23-15-17-31(18-16-23)38(33,34)20-22-6-4-5-21(2)19-22/h4-14,19,23,30H,3,15-18,20H2,1-2H3,(H,29,32). The SMILES string of the molecule is CCOc1ccc(NS(=O)(=O)c2ccc(NC(=O)C3CCN(S(=O)(=O)Cc4cccc(C)c4)CC3)cc2)cc1. The Morgan fingerprint density at radius 2 is 1.56 bits per heavy atom. The Kier molecular flexibility index (Phi) is 8.94. The number of nitrogens with zero attached hydrogens (tertiary/aromatic N) is 1. The maximum absolute atomic E-state index is 12.9. The van der Waals surface area contributed by atoms with Crippen LogP contribution in [0.5, 0.6) is 5.75 Å². The molecule has 1 saturated heterocycles. The Bertz CT molecular complexity index is 1500. The van der Waals surface area contributed by atoms with Crippen LogP contribution in [0.1, 0.15) is 30.9 Å². The van der Waals surface area contributed by atoms with E-state index in [0.717, 1.165) is 11.1 Å². The molecule has 1 aliphatic rings. The summed E-state index contributed by atoms with van der Waals surface area (Å²) < 4.78 is 60.6. The first-order valence-electron chi connectivity index (χ1n) is 12.8. The fourth-order valence-electron chi connectivity index (χ4n) is 4.46. The molecule has 4 rings (SSSR count). The van der Waals surface area contributed by atoms with E-state index >= 15 is 0 Å². The van der Waals surface area contributed by atoms with Crippen LogP contribution in [0.25, 0.3) is 0 Å². The number of carbonyl (C=O) groups is 1. The molecule has 0 unspecified atom stereocenters. The number of nitrogens with one attached hydrogen (secondary N) is 2. The summed E-state index contributed by atoms with van der Waals surface area (Å²) in [7, 11) is -7.29. The predicted molar refractivity (Wildman–Crippen MR) is 152 cm³/mol. The molecule has 1 aliphatic heterocycles. The second-order valence-electron chi connectivity index (χ2n) is 9.50. The minimum Gasteiger partial charge on any atom is -0.494 e. The number of sulfonamides is 2. The number of carbonyl (C=O) groups excluding carboxylic acids is 1. The van der Waals surface area contributed by atoms with Gasteiger partial charge in [0.25, 0.3) is 10.0 Å². The monoisotopic (exact) mass is 571 g/mol. The topological polar surface area (TPSA) is 122 Å². The number of piperidine rings is 1. The van der Waals surface area contributed by atoms with Crippen LogP contribution < -0.4 is 14.8 Å². The highest BCUT2D eigenvalue weighted by atomic mass is 32.2. The first kappa shape index (κ1) is 28.6. The van der Waals surface area contributed by atoms with E-state index in [1.807, 2.05) is 32.0 Å². The van der Waals surface area contributed by atoms with Crippen LogP contribution in [0.4, 0.5) is 11.4 Å². The highest BCUT2D eigenvalue weighted by molar-refractivity contribution is 7.92. The summed E-state index contributed by atoms with van der Waals surface area (Å²) in [6.45, 7) is 4.87. The van der Waals surface area contributed by atoms with Crippen molar-refractivity contribution in [3.05, 3.63) is 83.9 Å². The van der Waals surface area contributed by atoms with E-state index < -0.39 is 20.0 Å². The molecular formula is C28H33N3O6S2. The predicted octanol–water partition coefficient (Wildman–Crippen LogP) is 4.38. The van der Waals surface area contributed by atoms with Gasteiger partial charge in [0.15, 0.2) is 0 Å². The molecule has 0 aliphatic carbocycles. The zero-order valence-electron chi connectivity index (χ0n) is 22.0. The summed E-state index contributed by atoms with van der Waals surface area (Å²) in [6.07, 6.45) is 0.828. The van der Waals surface area contributed by atoms with Crippen molar-refractivity contribution >= 4 is 37.3 Å². The smallest absolute Gasteiger partial charge is 0.261 e. The Balaban J connectivity index is 1.30. The lowest BCUT2D eigenvalue weighted by Crippen LogP contribution is -2.41. The molecule has 0 aromatic heterocycles. The molecule has 0 bridgehead atoms. The fraction of sp³-hybridized carbons (Fsp3) is 0.321. The van der Waals surface area contributed by atoms with E-state index in [1.165, 1.54) is 28.6 Å². The molecule has 0 saturated carbocycles. The molecular weight excluding hydrogens is 538 g/mol. The summed E-state index contributed by atoms with van der Waals surface area (Å²) in [4.78, 5) is 12.9. The molecule has 11 heteroatoms. The van der Waals surface area contributed by atoms with Crippen LogP contribution in [-0.2, 0) is 30.6 Å². The molecule has 2 N–H and O–H groups in total. The molecule has 1 amide bonds. The van der Waals surface area contributed by atoms with Gasteiger partial charge in [-0.05, 0) is 80.8 Å². The highest BCUT2D eigenvalue weighted by Gasteiger charge is 2.31. The molecule has 39 heavy (non-hydrogen) atoms. The number of ether oxygens (including phenoxy) is 1. The van der Waals surface area contributed by atoms with E-state index in [-0.39, 0.29) is 35.6 Å². The van der Waals surface area contributed by atoms with Crippen molar-refractivity contribution in [3.63, 3.8) is 0 Å². The largest absolute Gasteiger partial charge is 0.494 e. The van der Waals surface area contributed by atoms with E-state index in [4.69, 9.17) is 4.74 Å². The zero-order chi connectivity index (χ0) is 28.0. The van der Waals surface area contributed by atoms with Crippen molar-refractivity contribution in [1.82, 2.24) is 4.31 Å². The first-order chi connectivity index (χ1) is 18.6. The van der Waals surface area contributed by atoms with Crippen LogP contribution >= 0.6 is 0 Å². The number of hydrogen-bond donors (Lipinski definition) is 2. The Hall–Kier alpha value is -3.41. The molecule has 208 valence electrons. The average Bonchev–Trinajstić information content (AvgIpc) is 2.90. The number of amides is 1. The molecule has 0 atom stereocenters. The van der Waals surface area contributed by atoms with Crippen LogP contribution in [-0.4, -0.2) is 46.7 Å². The van der Waals surface area contributed by atoms with Crippen LogP contribution in [0, 0.1) is 12.8 Å². The van der Waals surface area contributed by atoms with Gasteiger partial charge in [-0.2, -0.15) is 0 Å². The minimum atomic E-state index is -3.82. The van der Waals surface area contributed by atoms with Gasteiger partial charge in [-0.3, -0.25) is 9.52 Å². The van der Waals surface area contributed by atoms with E-state index in [2.05, 4.69) is 10.0 Å². The van der Waals surface area contributed by atoms with Crippen molar-refractivity contribution in [2.24, 2.45) is 5.92 Å². The maximum atomic E-state index is 12.9. The molecule has 3 aromatic rings. The molecule has 9 nitrogen and oxygen atoms in total. The van der Waals surface area contributed by atoms with Gasteiger partial charge >= 0.3 is 0 Å². The Morgan fingerprint density at radius 3 is 2.18 bits per heavy atom. The third-order valence-electron chi connectivity index (χ3n) is 6.50. The lowest BCUT2D eigenvalue weighted by atomic mass is 9.97. The maximum Gasteiger partial charge on any atom is 0.261 e. The van der Waals surface area contributed by atoms with Crippen LogP contribution in [0.15, 0.2) is 77.7 Å². The third-order valence-corrected chi connectivity index (χ3v) is 9.75. The number of benzene rings is 3. The van der Waals surface area contributed by atoms with Gasteiger partial charge in [0.1, 0.15) is 5.75 Å². The summed E-state index contributed by atoms with van der Waals surface area (Å²) in [5, 5.41) is 2.82. The number of hydrogen-bond acceptors (Lipinski definition) is 6. The second-order valence-corrected chi connectivity index (χ2v) is 13.1. The van der Waals surface area contributed by atoms with Crippen molar-refractivity contribution < 1.29 is 26.4 Å². The number of rotatable bonds is 10. The highest BCUT2D eigenvalue weighted by Crippen LogP contribution is 2.25. The lowest BCUT2D eigenvalue weighted by Gasteiger charge is -2.30. The fourth-order valence-corrected chi connectivity index (χ4v) is 7.07. The van der Waals surface area contributed by atoms with Gasteiger partial charge in [0.05, 0.1) is 17.3 Å². The lowest BCUT2D eigenvalue weighted by molar-refractivity contribution is -0.120. The van der Waals surface area contributed by atoms with Crippen molar-refractivity contribution in [3.8, 4) is 5.75 Å². The van der Waals surface area contributed by atoms with E-state index in [9.17, 15) is 21.6 Å². The molecule has 0 radical (unpaired) electrons. The van der Waals surface area contributed by atoms with Gasteiger partial charge in [-0.1, -0.05) is 29.8 Å². The van der Waals surface area contributed by atoms with Crippen molar-refractivity contribution in [2.45, 2.75) is 37.3 Å². The average molecular weight is 572 g/mol. The number of anilines is 2. The van der Waals surface area contributed by atoms with Gasteiger partial charge in [-0.25, -0.2) is 21.1 Å². The van der Waals surface area contributed by atoms with E-state index in [0.29, 0.717) is 36.6 Å². The summed E-state index contributed by atoms with van der Waals surface area (Å²) in [6, 6.07) is 20.0. The normalized spacial score (nSPS) is 15.0. The zero-order valence-corrected chi connectivity index (χ0v) is 23.6. The Morgan fingerprint density at radius 1 is 0.923 bits per heavy atom. The van der Waals surface area contributed by atoms with E-state index in [1.54, 1.807) is 30.3 Å². The molecule has 1 heterocycles. The summed E-state index contributed by atoms with van der Waals surface area (Å²) >= 11 is 0. The van der Waals surface area contributed by atoms with Gasteiger partial charge in [-0.15, -0.1) is 0 Å². The first-order valence-corrected chi connectivity index (χ1v) is 15.8.